The van der Waals surface area contributed by atoms with Crippen LogP contribution >= 0.6 is 0 Å². The lowest BCUT2D eigenvalue weighted by molar-refractivity contribution is -0.125. The summed E-state index contributed by atoms with van der Waals surface area (Å²) in [7, 11) is 0. The molecule has 1 saturated heterocycles. The number of rotatable bonds is 5. The van der Waals surface area contributed by atoms with Gasteiger partial charge in [0.25, 0.3) is 0 Å². The number of imidazole rings is 1. The molecule has 4 aromatic rings. The largest absolute Gasteiger partial charge is 0.383 e. The molecule has 2 N–H and O–H groups in total. The molecular weight excluding hydrogens is 497 g/mol. The van der Waals surface area contributed by atoms with Crippen molar-refractivity contribution in [3.63, 3.8) is 0 Å². The number of halogens is 1. The van der Waals surface area contributed by atoms with E-state index in [9.17, 15) is 9.59 Å². The zero-order valence-corrected chi connectivity index (χ0v) is 21.8. The van der Waals surface area contributed by atoms with Crippen LogP contribution in [0.25, 0.3) is 21.9 Å². The van der Waals surface area contributed by atoms with E-state index in [0.717, 1.165) is 18.4 Å². The summed E-state index contributed by atoms with van der Waals surface area (Å²) in [5.41, 5.74) is 9.14. The average molecular weight is 526 g/mol. The summed E-state index contributed by atoms with van der Waals surface area (Å²) in [4.78, 5) is 35.8. The van der Waals surface area contributed by atoms with Gasteiger partial charge in [-0.3, -0.25) is 14.3 Å². The van der Waals surface area contributed by atoms with Gasteiger partial charge in [-0.1, -0.05) is 26.3 Å². The number of Topliss-reactive ketones (excluding diaryl/α,β-unsaturated/α-hetero) is 1. The van der Waals surface area contributed by atoms with Crippen molar-refractivity contribution in [2.75, 3.05) is 18.8 Å². The fourth-order valence-corrected chi connectivity index (χ4v) is 5.22. The van der Waals surface area contributed by atoms with Crippen LogP contribution in [0.1, 0.15) is 66.8 Å². The number of fused-ring (bicyclic) bond motifs is 2. The highest BCUT2D eigenvalue weighted by atomic mass is 19.1. The summed E-state index contributed by atoms with van der Waals surface area (Å²) in [6, 6.07) is 3.29. The van der Waals surface area contributed by atoms with Gasteiger partial charge in [-0.25, -0.2) is 14.4 Å². The first kappa shape index (κ1) is 24.8. The van der Waals surface area contributed by atoms with Crippen LogP contribution < -0.4 is 5.73 Å². The maximum Gasteiger partial charge on any atom is 0.246 e. The van der Waals surface area contributed by atoms with Gasteiger partial charge in [0.1, 0.15) is 17.3 Å². The maximum absolute atomic E-state index is 15.1. The van der Waals surface area contributed by atoms with Crippen LogP contribution in [-0.4, -0.2) is 54.0 Å². The van der Waals surface area contributed by atoms with Gasteiger partial charge in [-0.15, -0.1) is 0 Å². The molecule has 198 valence electrons. The fourth-order valence-electron chi connectivity index (χ4n) is 5.22. The van der Waals surface area contributed by atoms with E-state index in [-0.39, 0.29) is 35.0 Å². The Kier molecular flexibility index (Phi) is 5.94. The van der Waals surface area contributed by atoms with Gasteiger partial charge in [-0.2, -0.15) is 5.10 Å². The van der Waals surface area contributed by atoms with Gasteiger partial charge >= 0.3 is 0 Å². The lowest BCUT2D eigenvalue weighted by atomic mass is 10.00. The van der Waals surface area contributed by atoms with Crippen LogP contribution in [0.5, 0.6) is 0 Å². The lowest BCUT2D eigenvalue weighted by Gasteiger charge is -2.16. The highest BCUT2D eigenvalue weighted by Gasteiger charge is 2.31. The molecule has 10 heteroatoms. The van der Waals surface area contributed by atoms with Gasteiger partial charge in [0.15, 0.2) is 5.78 Å². The van der Waals surface area contributed by atoms with Crippen molar-refractivity contribution in [3.05, 3.63) is 59.9 Å². The number of aromatic nitrogens is 5. The summed E-state index contributed by atoms with van der Waals surface area (Å²) in [6.45, 7) is 8.15. The Morgan fingerprint density at radius 1 is 1.18 bits per heavy atom. The summed E-state index contributed by atoms with van der Waals surface area (Å²) in [5, 5.41) is 5.21. The first-order chi connectivity index (χ1) is 18.8. The smallest absolute Gasteiger partial charge is 0.246 e. The Morgan fingerprint density at radius 3 is 2.69 bits per heavy atom. The molecule has 1 aromatic carbocycles. The normalized spacial score (nSPS) is 17.1. The summed E-state index contributed by atoms with van der Waals surface area (Å²) >= 11 is 0. The SMILES string of the molecule is C=CC(=O)N1CC[C@H](n2nc(C#Cc3cc4ncn(C5CC5)c4cc3F)c3c(N)ncc(C(=O)C(C)C)c32)C1. The topological polar surface area (TPSA) is 112 Å². The van der Waals surface area contributed by atoms with E-state index < -0.39 is 5.82 Å². The molecule has 1 aliphatic carbocycles. The number of pyridine rings is 1. The van der Waals surface area contributed by atoms with E-state index in [2.05, 4.69) is 28.4 Å². The first-order valence-electron chi connectivity index (χ1n) is 13.1. The lowest BCUT2D eigenvalue weighted by Crippen LogP contribution is -2.27. The Bertz CT molecular complexity index is 1740. The number of carbonyl (C=O) groups excluding carboxylic acids is 2. The van der Waals surface area contributed by atoms with Crippen LogP contribution in [0.2, 0.25) is 0 Å². The van der Waals surface area contributed by atoms with E-state index in [1.54, 1.807) is 22.0 Å². The molecule has 0 radical (unpaired) electrons. The van der Waals surface area contributed by atoms with Gasteiger partial charge in [0.2, 0.25) is 5.91 Å². The van der Waals surface area contributed by atoms with Crippen molar-refractivity contribution in [3.8, 4) is 11.8 Å². The van der Waals surface area contributed by atoms with Crippen LogP contribution in [0.4, 0.5) is 10.2 Å². The third-order valence-electron chi connectivity index (χ3n) is 7.46. The zero-order valence-electron chi connectivity index (χ0n) is 21.8. The maximum atomic E-state index is 15.1. The number of amides is 1. The van der Waals surface area contributed by atoms with Crippen LogP contribution in [-0.2, 0) is 4.79 Å². The Labute approximate surface area is 224 Å². The number of likely N-dealkylation sites (tertiary alicyclic amines) is 1. The van der Waals surface area contributed by atoms with Crippen LogP contribution in [0.3, 0.4) is 0 Å². The molecule has 0 unspecified atom stereocenters. The number of hydrogen-bond acceptors (Lipinski definition) is 6. The zero-order chi connectivity index (χ0) is 27.4. The Hall–Kier alpha value is -4.52. The molecule has 2 aliphatic rings. The standard InChI is InChI=1S/C29H28FN7O2/c1-4-25(38)35-10-9-19(14-35)37-27-20(28(39)16(2)3)13-32-29(31)26(27)22(34-37)8-5-17-11-23-24(12-21(17)30)36(15-33-23)18-6-7-18/h4,11-13,15-16,18-19H,1,6-7,9-10,14H2,2-3H3,(H2,31,32)/t19-/m0/s1. The van der Waals surface area contributed by atoms with Crippen molar-refractivity contribution < 1.29 is 14.0 Å². The van der Waals surface area contributed by atoms with Gasteiger partial charge in [0.05, 0.1) is 45.4 Å². The van der Waals surface area contributed by atoms with E-state index in [1.807, 2.05) is 18.4 Å². The third kappa shape index (κ3) is 4.24. The monoisotopic (exact) mass is 525 g/mol. The first-order valence-corrected chi connectivity index (χ1v) is 13.1. The number of carbonyl (C=O) groups is 2. The van der Waals surface area contributed by atoms with E-state index >= 15 is 4.39 Å². The molecule has 2 fully saturated rings. The minimum Gasteiger partial charge on any atom is -0.383 e. The molecule has 0 bridgehead atoms. The minimum atomic E-state index is -0.447. The number of hydrogen-bond donors (Lipinski definition) is 1. The number of nitrogens with two attached hydrogens (primary N) is 1. The van der Waals surface area contributed by atoms with Gasteiger partial charge in [0, 0.05) is 37.3 Å². The number of nitrogens with zero attached hydrogens (tertiary/aromatic N) is 6. The predicted octanol–water partition coefficient (Wildman–Crippen LogP) is 4.04. The average Bonchev–Trinajstić information content (AvgIpc) is 3.32. The quantitative estimate of drug-likeness (QED) is 0.239. The van der Waals surface area contributed by atoms with Crippen molar-refractivity contribution in [2.45, 2.75) is 45.2 Å². The van der Waals surface area contributed by atoms with E-state index in [0.29, 0.717) is 53.2 Å². The summed E-state index contributed by atoms with van der Waals surface area (Å²) in [5.74, 6) is 5.08. The highest BCUT2D eigenvalue weighted by molar-refractivity contribution is 6.10. The molecule has 1 atom stereocenters. The number of ketones is 1. The number of nitrogen functional groups attached to an aromatic ring is 1. The second-order valence-electron chi connectivity index (χ2n) is 10.5. The second-order valence-corrected chi connectivity index (χ2v) is 10.5. The Balaban J connectivity index is 1.48. The van der Waals surface area contributed by atoms with Crippen molar-refractivity contribution in [1.82, 2.24) is 29.2 Å². The molecule has 6 rings (SSSR count). The molecular formula is C29H28FN7O2. The van der Waals surface area contributed by atoms with E-state index in [1.165, 1.54) is 18.3 Å². The molecule has 0 spiro atoms. The van der Waals surface area contributed by atoms with E-state index in [4.69, 9.17) is 10.8 Å². The number of benzene rings is 1. The summed E-state index contributed by atoms with van der Waals surface area (Å²) in [6.07, 6.45) is 7.28. The molecule has 1 amide bonds. The van der Waals surface area contributed by atoms with Gasteiger partial charge < -0.3 is 15.2 Å². The predicted molar refractivity (Wildman–Crippen MR) is 145 cm³/mol. The third-order valence-corrected chi connectivity index (χ3v) is 7.46. The molecule has 1 aliphatic heterocycles. The Morgan fingerprint density at radius 2 is 1.97 bits per heavy atom. The van der Waals surface area contributed by atoms with Crippen LogP contribution in [0.15, 0.2) is 37.3 Å². The van der Waals surface area contributed by atoms with Crippen molar-refractivity contribution in [1.29, 1.82) is 0 Å². The van der Waals surface area contributed by atoms with Crippen molar-refractivity contribution >= 4 is 39.4 Å². The summed E-state index contributed by atoms with van der Waals surface area (Å²) < 4.78 is 18.9. The minimum absolute atomic E-state index is 0.104. The molecule has 39 heavy (non-hydrogen) atoms. The number of anilines is 1. The van der Waals surface area contributed by atoms with Gasteiger partial charge in [-0.05, 0) is 37.3 Å². The second kappa shape index (κ2) is 9.34. The molecule has 1 saturated carbocycles. The van der Waals surface area contributed by atoms with Crippen LogP contribution in [0, 0.1) is 23.6 Å². The molecule has 9 nitrogen and oxygen atoms in total. The fraction of sp³-hybridized carbons (Fsp3) is 0.345. The molecule has 3 aromatic heterocycles. The van der Waals surface area contributed by atoms with Crippen molar-refractivity contribution in [2.24, 2.45) is 5.92 Å². The molecule has 4 heterocycles. The highest BCUT2D eigenvalue weighted by Crippen LogP contribution is 2.37.